The molecule has 29 heavy (non-hydrogen) atoms. The fraction of sp³-hybridized carbons (Fsp3) is 0.190. The maximum Gasteiger partial charge on any atom is 0.230 e. The maximum atomic E-state index is 12.3. The molecular formula is C21H21N4O3S-. The zero-order valence-corrected chi connectivity index (χ0v) is 16.5. The molecule has 0 aliphatic carbocycles. The van der Waals surface area contributed by atoms with Crippen molar-refractivity contribution in [1.82, 2.24) is 10.3 Å². The highest BCUT2D eigenvalue weighted by molar-refractivity contribution is 7.13. The van der Waals surface area contributed by atoms with E-state index in [9.17, 15) is 14.7 Å². The van der Waals surface area contributed by atoms with Crippen molar-refractivity contribution in [3.05, 3.63) is 76.8 Å². The van der Waals surface area contributed by atoms with Crippen molar-refractivity contribution in [3.63, 3.8) is 0 Å². The second kappa shape index (κ2) is 10.2. The van der Waals surface area contributed by atoms with E-state index >= 15 is 0 Å². The Morgan fingerprint density at radius 2 is 1.76 bits per heavy atom. The van der Waals surface area contributed by atoms with E-state index in [1.807, 2.05) is 47.8 Å². The van der Waals surface area contributed by atoms with E-state index in [-0.39, 0.29) is 12.3 Å². The average molecular weight is 409 g/mol. The van der Waals surface area contributed by atoms with E-state index in [0.29, 0.717) is 30.9 Å². The molecule has 0 fully saturated rings. The van der Waals surface area contributed by atoms with Gasteiger partial charge in [-0.15, -0.1) is 11.3 Å². The van der Waals surface area contributed by atoms with Crippen molar-refractivity contribution < 1.29 is 14.7 Å². The Kier molecular flexibility index (Phi) is 7.18. The van der Waals surface area contributed by atoms with Crippen LogP contribution in [0, 0.1) is 0 Å². The standard InChI is InChI=1S/C21H22N4O3S/c26-19(24-17-8-6-15(7-9-17)10-11-22-21(27)28)12-18-14-29-20(25-18)23-13-16-4-2-1-3-5-16/h1-9,14,22H,10-13H2,(H,23,25)(H,24,26)(H,27,28)/p-1. The van der Waals surface area contributed by atoms with Crippen LogP contribution in [0.5, 0.6) is 0 Å². The van der Waals surface area contributed by atoms with Gasteiger partial charge in [-0.1, -0.05) is 42.5 Å². The Balaban J connectivity index is 1.44. The van der Waals surface area contributed by atoms with E-state index < -0.39 is 6.09 Å². The molecule has 0 aliphatic heterocycles. The molecule has 0 spiro atoms. The van der Waals surface area contributed by atoms with Crippen molar-refractivity contribution in [2.45, 2.75) is 19.4 Å². The van der Waals surface area contributed by atoms with Crippen LogP contribution in [-0.2, 0) is 24.2 Å². The van der Waals surface area contributed by atoms with Crippen LogP contribution in [0.2, 0.25) is 0 Å². The van der Waals surface area contributed by atoms with Gasteiger partial charge in [0.1, 0.15) is 6.09 Å². The molecule has 0 saturated carbocycles. The SMILES string of the molecule is O=C([O-])NCCc1ccc(NC(=O)Cc2csc(NCc3ccccc3)n2)cc1. The summed E-state index contributed by atoms with van der Waals surface area (Å²) in [4.78, 5) is 27.0. The van der Waals surface area contributed by atoms with E-state index in [2.05, 4.69) is 20.9 Å². The quantitative estimate of drug-likeness (QED) is 0.503. The topological polar surface area (TPSA) is 106 Å². The molecule has 2 amide bonds. The van der Waals surface area contributed by atoms with Crippen molar-refractivity contribution in [1.29, 1.82) is 0 Å². The van der Waals surface area contributed by atoms with Crippen LogP contribution >= 0.6 is 11.3 Å². The van der Waals surface area contributed by atoms with Gasteiger partial charge in [-0.25, -0.2) is 4.98 Å². The zero-order valence-electron chi connectivity index (χ0n) is 15.7. The van der Waals surface area contributed by atoms with Crippen molar-refractivity contribution >= 4 is 34.2 Å². The zero-order chi connectivity index (χ0) is 20.5. The minimum Gasteiger partial charge on any atom is -0.530 e. The molecule has 7 nitrogen and oxygen atoms in total. The highest BCUT2D eigenvalue weighted by Gasteiger charge is 2.08. The summed E-state index contributed by atoms with van der Waals surface area (Å²) in [5.41, 5.74) is 3.53. The highest BCUT2D eigenvalue weighted by Crippen LogP contribution is 2.17. The van der Waals surface area contributed by atoms with Gasteiger partial charge in [0.05, 0.1) is 12.1 Å². The summed E-state index contributed by atoms with van der Waals surface area (Å²) in [5, 5.41) is 21.3. The molecule has 1 heterocycles. The molecule has 0 bridgehead atoms. The predicted molar refractivity (Wildman–Crippen MR) is 112 cm³/mol. The number of aromatic nitrogens is 1. The van der Waals surface area contributed by atoms with Gasteiger partial charge in [0, 0.05) is 24.2 Å². The molecule has 0 unspecified atom stereocenters. The lowest BCUT2D eigenvalue weighted by atomic mass is 10.1. The van der Waals surface area contributed by atoms with Crippen LogP contribution in [0.4, 0.5) is 15.6 Å². The van der Waals surface area contributed by atoms with Crippen LogP contribution in [0.25, 0.3) is 0 Å². The second-order valence-corrected chi connectivity index (χ2v) is 7.23. The van der Waals surface area contributed by atoms with Crippen LogP contribution in [-0.4, -0.2) is 23.5 Å². The van der Waals surface area contributed by atoms with Crippen LogP contribution in [0.15, 0.2) is 60.0 Å². The van der Waals surface area contributed by atoms with Gasteiger partial charge in [-0.2, -0.15) is 0 Å². The number of carbonyl (C=O) groups is 2. The van der Waals surface area contributed by atoms with E-state index in [1.54, 1.807) is 12.1 Å². The average Bonchev–Trinajstić information content (AvgIpc) is 3.15. The van der Waals surface area contributed by atoms with Gasteiger partial charge in [0.15, 0.2) is 5.13 Å². The number of anilines is 2. The van der Waals surface area contributed by atoms with E-state index in [1.165, 1.54) is 16.9 Å². The number of hydrogen-bond donors (Lipinski definition) is 3. The summed E-state index contributed by atoms with van der Waals surface area (Å²) in [6.07, 6.45) is -0.532. The number of rotatable bonds is 9. The minimum atomic E-state index is -1.28. The fourth-order valence-electron chi connectivity index (χ4n) is 2.68. The Hall–Kier alpha value is -3.39. The van der Waals surface area contributed by atoms with Crippen LogP contribution in [0.1, 0.15) is 16.8 Å². The molecule has 0 atom stereocenters. The number of carbonyl (C=O) groups excluding carboxylic acids is 2. The number of carboxylic acid groups (broad SMARTS) is 1. The van der Waals surface area contributed by atoms with Crippen LogP contribution in [0.3, 0.4) is 0 Å². The molecule has 0 radical (unpaired) electrons. The molecule has 0 saturated heterocycles. The van der Waals surface area contributed by atoms with Gasteiger partial charge in [0.2, 0.25) is 5.91 Å². The number of thiazole rings is 1. The number of benzene rings is 2. The first kappa shape index (κ1) is 20.3. The first-order valence-electron chi connectivity index (χ1n) is 9.14. The summed E-state index contributed by atoms with van der Waals surface area (Å²) in [5.74, 6) is -0.142. The molecule has 3 rings (SSSR count). The molecule has 3 N–H and O–H groups in total. The van der Waals surface area contributed by atoms with Crippen molar-refractivity contribution in [2.24, 2.45) is 0 Å². The maximum absolute atomic E-state index is 12.3. The van der Waals surface area contributed by atoms with E-state index in [0.717, 1.165) is 10.7 Å². The normalized spacial score (nSPS) is 10.3. The third-order valence-corrected chi connectivity index (χ3v) is 4.95. The lowest BCUT2D eigenvalue weighted by Gasteiger charge is -2.08. The molecule has 2 aromatic carbocycles. The third kappa shape index (κ3) is 6.93. The minimum absolute atomic E-state index is 0.142. The van der Waals surface area contributed by atoms with E-state index in [4.69, 9.17) is 0 Å². The molecule has 1 aromatic heterocycles. The number of hydrogen-bond acceptors (Lipinski definition) is 6. The van der Waals surface area contributed by atoms with Gasteiger partial charge in [0.25, 0.3) is 0 Å². The Morgan fingerprint density at radius 1 is 1.00 bits per heavy atom. The second-order valence-electron chi connectivity index (χ2n) is 6.37. The first-order chi connectivity index (χ1) is 14.1. The summed E-state index contributed by atoms with van der Waals surface area (Å²) in [6.45, 7) is 0.976. The smallest absolute Gasteiger partial charge is 0.230 e. The molecule has 8 heteroatoms. The van der Waals surface area contributed by atoms with Gasteiger partial charge < -0.3 is 25.9 Å². The van der Waals surface area contributed by atoms with Crippen LogP contribution < -0.4 is 21.1 Å². The Labute approximate surface area is 172 Å². The van der Waals surface area contributed by atoms with Gasteiger partial charge >= 0.3 is 0 Å². The number of nitrogens with one attached hydrogen (secondary N) is 3. The third-order valence-electron chi connectivity index (χ3n) is 4.10. The summed E-state index contributed by atoms with van der Waals surface area (Å²) >= 11 is 1.47. The Morgan fingerprint density at radius 3 is 2.48 bits per heavy atom. The van der Waals surface area contributed by atoms with Crippen molar-refractivity contribution in [2.75, 3.05) is 17.2 Å². The molecular weight excluding hydrogens is 388 g/mol. The molecule has 0 aliphatic rings. The molecule has 150 valence electrons. The summed E-state index contributed by atoms with van der Waals surface area (Å²) in [7, 11) is 0. The lowest BCUT2D eigenvalue weighted by molar-refractivity contribution is -0.250. The summed E-state index contributed by atoms with van der Waals surface area (Å²) in [6, 6.07) is 17.3. The highest BCUT2D eigenvalue weighted by atomic mass is 32.1. The largest absolute Gasteiger partial charge is 0.530 e. The number of nitrogens with zero attached hydrogens (tertiary/aromatic N) is 1. The lowest BCUT2D eigenvalue weighted by Crippen LogP contribution is -2.37. The molecule has 3 aromatic rings. The van der Waals surface area contributed by atoms with Gasteiger partial charge in [-0.3, -0.25) is 4.79 Å². The Bertz CT molecular complexity index is 942. The summed E-state index contributed by atoms with van der Waals surface area (Å²) < 4.78 is 0. The number of amides is 2. The predicted octanol–water partition coefficient (Wildman–Crippen LogP) is 2.41. The fourth-order valence-corrected chi connectivity index (χ4v) is 3.39. The van der Waals surface area contributed by atoms with Gasteiger partial charge in [-0.05, 0) is 29.7 Å². The monoisotopic (exact) mass is 409 g/mol. The first-order valence-corrected chi connectivity index (χ1v) is 10.0. The van der Waals surface area contributed by atoms with Crippen molar-refractivity contribution in [3.8, 4) is 0 Å².